The summed E-state index contributed by atoms with van der Waals surface area (Å²) in [6.07, 6.45) is 0.0173. The van der Waals surface area contributed by atoms with Gasteiger partial charge in [-0.3, -0.25) is 4.79 Å². The van der Waals surface area contributed by atoms with Gasteiger partial charge >= 0.3 is 0 Å². The molecule has 0 aliphatic carbocycles. The number of carbonyl (C=O) groups excluding carboxylic acids is 1. The van der Waals surface area contributed by atoms with Crippen LogP contribution in [-0.2, 0) is 4.74 Å². The number of ketones is 1. The Balaban J connectivity index is 2.03. The molecule has 1 N–H and O–H groups in total. The lowest BCUT2D eigenvalue weighted by Gasteiger charge is -2.27. The summed E-state index contributed by atoms with van der Waals surface area (Å²) >= 11 is 1.52. The molecule has 0 saturated carbocycles. The molecular formula is C12H17NO2S. The first-order valence-electron chi connectivity index (χ1n) is 5.60. The lowest BCUT2D eigenvalue weighted by Crippen LogP contribution is -2.44. The van der Waals surface area contributed by atoms with E-state index in [-0.39, 0.29) is 17.8 Å². The van der Waals surface area contributed by atoms with E-state index in [1.165, 1.54) is 11.3 Å². The highest BCUT2D eigenvalue weighted by atomic mass is 32.1. The van der Waals surface area contributed by atoms with E-state index in [0.29, 0.717) is 6.61 Å². The van der Waals surface area contributed by atoms with Crippen molar-refractivity contribution in [3.8, 4) is 0 Å². The SMILES string of the molecule is Cc1csc(C(=O)C(C)C2CNCCO2)c1. The summed E-state index contributed by atoms with van der Waals surface area (Å²) < 4.78 is 5.61. The van der Waals surface area contributed by atoms with Crippen LogP contribution in [-0.4, -0.2) is 31.6 Å². The summed E-state index contributed by atoms with van der Waals surface area (Å²) in [6, 6.07) is 1.96. The molecule has 4 heteroatoms. The number of hydrogen-bond acceptors (Lipinski definition) is 4. The van der Waals surface area contributed by atoms with Gasteiger partial charge in [-0.1, -0.05) is 6.92 Å². The van der Waals surface area contributed by atoms with Gasteiger partial charge < -0.3 is 10.1 Å². The van der Waals surface area contributed by atoms with E-state index in [0.717, 1.165) is 23.5 Å². The first kappa shape index (κ1) is 11.8. The zero-order valence-electron chi connectivity index (χ0n) is 9.66. The molecule has 88 valence electrons. The summed E-state index contributed by atoms with van der Waals surface area (Å²) in [5.41, 5.74) is 1.16. The molecule has 1 saturated heterocycles. The zero-order chi connectivity index (χ0) is 11.5. The standard InChI is InChI=1S/C12H17NO2S/c1-8-5-11(16-7-8)12(14)9(2)10-6-13-3-4-15-10/h5,7,9-10,13H,3-4,6H2,1-2H3. The average Bonchev–Trinajstić information content (AvgIpc) is 2.75. The summed E-state index contributed by atoms with van der Waals surface area (Å²) in [4.78, 5) is 13.0. The van der Waals surface area contributed by atoms with E-state index in [9.17, 15) is 4.79 Å². The molecule has 2 rings (SSSR count). The van der Waals surface area contributed by atoms with Gasteiger partial charge in [-0.2, -0.15) is 0 Å². The number of carbonyl (C=O) groups is 1. The summed E-state index contributed by atoms with van der Waals surface area (Å²) in [5.74, 6) is 0.137. The smallest absolute Gasteiger partial charge is 0.178 e. The van der Waals surface area contributed by atoms with Crippen LogP contribution >= 0.6 is 11.3 Å². The second-order valence-electron chi connectivity index (χ2n) is 4.25. The molecule has 16 heavy (non-hydrogen) atoms. The molecule has 0 radical (unpaired) electrons. The quantitative estimate of drug-likeness (QED) is 0.818. The fraction of sp³-hybridized carbons (Fsp3) is 0.583. The molecule has 0 amide bonds. The molecule has 1 aromatic rings. The maximum atomic E-state index is 12.2. The lowest BCUT2D eigenvalue weighted by molar-refractivity contribution is -0.0000112. The van der Waals surface area contributed by atoms with Gasteiger partial charge in [0, 0.05) is 19.0 Å². The van der Waals surface area contributed by atoms with E-state index in [1.807, 2.05) is 25.3 Å². The van der Waals surface area contributed by atoms with Crippen LogP contribution in [0, 0.1) is 12.8 Å². The number of aryl methyl sites for hydroxylation is 1. The summed E-state index contributed by atoms with van der Waals surface area (Å²) in [5, 5.41) is 5.27. The van der Waals surface area contributed by atoms with Crippen molar-refractivity contribution in [1.82, 2.24) is 5.32 Å². The van der Waals surface area contributed by atoms with E-state index in [1.54, 1.807) is 0 Å². The van der Waals surface area contributed by atoms with Crippen LogP contribution in [0.3, 0.4) is 0 Å². The molecule has 0 bridgehead atoms. The highest BCUT2D eigenvalue weighted by Crippen LogP contribution is 2.21. The molecule has 0 aromatic carbocycles. The molecule has 2 heterocycles. The van der Waals surface area contributed by atoms with Gasteiger partial charge in [-0.05, 0) is 23.9 Å². The summed E-state index contributed by atoms with van der Waals surface area (Å²) in [6.45, 7) is 6.32. The summed E-state index contributed by atoms with van der Waals surface area (Å²) in [7, 11) is 0. The molecule has 1 aliphatic heterocycles. The first-order valence-corrected chi connectivity index (χ1v) is 6.48. The lowest BCUT2D eigenvalue weighted by atomic mass is 9.97. The van der Waals surface area contributed by atoms with Gasteiger partial charge in [0.05, 0.1) is 17.6 Å². The minimum atomic E-state index is -0.0640. The van der Waals surface area contributed by atoms with Crippen LogP contribution in [0.2, 0.25) is 0 Å². The maximum absolute atomic E-state index is 12.2. The van der Waals surface area contributed by atoms with Crippen molar-refractivity contribution in [3.63, 3.8) is 0 Å². The van der Waals surface area contributed by atoms with Crippen molar-refractivity contribution in [2.24, 2.45) is 5.92 Å². The second-order valence-corrected chi connectivity index (χ2v) is 5.17. The number of rotatable bonds is 3. The van der Waals surface area contributed by atoms with E-state index >= 15 is 0 Å². The largest absolute Gasteiger partial charge is 0.375 e. The third kappa shape index (κ3) is 2.51. The predicted octanol–water partition coefficient (Wildman–Crippen LogP) is 1.86. The monoisotopic (exact) mass is 239 g/mol. The Hall–Kier alpha value is -0.710. The number of nitrogens with one attached hydrogen (secondary N) is 1. The second kappa shape index (κ2) is 5.08. The van der Waals surface area contributed by atoms with E-state index in [2.05, 4.69) is 5.32 Å². The maximum Gasteiger partial charge on any atom is 0.178 e. The van der Waals surface area contributed by atoms with Gasteiger partial charge in [0.1, 0.15) is 0 Å². The Labute approximate surface area is 99.8 Å². The van der Waals surface area contributed by atoms with Crippen molar-refractivity contribution < 1.29 is 9.53 Å². The van der Waals surface area contributed by atoms with E-state index in [4.69, 9.17) is 4.74 Å². The topological polar surface area (TPSA) is 38.3 Å². The Morgan fingerprint density at radius 3 is 3.06 bits per heavy atom. The number of ether oxygens (including phenoxy) is 1. The van der Waals surface area contributed by atoms with Gasteiger partial charge in [0.25, 0.3) is 0 Å². The minimum absolute atomic E-state index is 0.0173. The minimum Gasteiger partial charge on any atom is -0.375 e. The van der Waals surface area contributed by atoms with Crippen LogP contribution < -0.4 is 5.32 Å². The molecule has 1 aromatic heterocycles. The van der Waals surface area contributed by atoms with Gasteiger partial charge in [-0.25, -0.2) is 0 Å². The number of thiophene rings is 1. The van der Waals surface area contributed by atoms with Crippen molar-refractivity contribution in [3.05, 3.63) is 21.9 Å². The normalized spacial score (nSPS) is 23.0. The van der Waals surface area contributed by atoms with Crippen LogP contribution in [0.4, 0.5) is 0 Å². The van der Waals surface area contributed by atoms with Crippen LogP contribution in [0.1, 0.15) is 22.2 Å². The van der Waals surface area contributed by atoms with Crippen LogP contribution in [0.25, 0.3) is 0 Å². The van der Waals surface area contributed by atoms with Gasteiger partial charge in [0.15, 0.2) is 5.78 Å². The van der Waals surface area contributed by atoms with Gasteiger partial charge in [0.2, 0.25) is 0 Å². The van der Waals surface area contributed by atoms with Crippen LogP contribution in [0.15, 0.2) is 11.4 Å². The molecular weight excluding hydrogens is 222 g/mol. The molecule has 1 aliphatic rings. The first-order chi connectivity index (χ1) is 7.68. The van der Waals surface area contributed by atoms with Crippen molar-refractivity contribution in [1.29, 1.82) is 0 Å². The molecule has 2 atom stereocenters. The molecule has 1 fully saturated rings. The number of hydrogen-bond donors (Lipinski definition) is 1. The Bertz CT molecular complexity index is 369. The highest BCUT2D eigenvalue weighted by molar-refractivity contribution is 7.12. The number of Topliss-reactive ketones (excluding diaryl/α,β-unsaturated/α-hetero) is 1. The van der Waals surface area contributed by atoms with Gasteiger partial charge in [-0.15, -0.1) is 11.3 Å². The average molecular weight is 239 g/mol. The fourth-order valence-corrected chi connectivity index (χ4v) is 2.80. The predicted molar refractivity (Wildman–Crippen MR) is 65.2 cm³/mol. The van der Waals surface area contributed by atoms with E-state index < -0.39 is 0 Å². The third-order valence-corrected chi connectivity index (χ3v) is 3.96. The van der Waals surface area contributed by atoms with Crippen molar-refractivity contribution >= 4 is 17.1 Å². The Kier molecular flexibility index (Phi) is 3.74. The molecule has 3 nitrogen and oxygen atoms in total. The Morgan fingerprint density at radius 2 is 2.50 bits per heavy atom. The fourth-order valence-electron chi connectivity index (χ4n) is 1.86. The van der Waals surface area contributed by atoms with Crippen LogP contribution in [0.5, 0.6) is 0 Å². The zero-order valence-corrected chi connectivity index (χ0v) is 10.5. The third-order valence-electron chi connectivity index (χ3n) is 2.90. The molecule has 0 spiro atoms. The number of morpholine rings is 1. The van der Waals surface area contributed by atoms with Crippen molar-refractivity contribution in [2.75, 3.05) is 19.7 Å². The van der Waals surface area contributed by atoms with Crippen molar-refractivity contribution in [2.45, 2.75) is 20.0 Å². The molecule has 2 unspecified atom stereocenters. The highest BCUT2D eigenvalue weighted by Gasteiger charge is 2.27. The Morgan fingerprint density at radius 1 is 1.69 bits per heavy atom.